The summed E-state index contributed by atoms with van der Waals surface area (Å²) in [7, 11) is 0. The molecule has 1 atom stereocenters. The lowest BCUT2D eigenvalue weighted by Gasteiger charge is -2.05. The third-order valence-corrected chi connectivity index (χ3v) is 4.41. The molecule has 2 N–H and O–H groups in total. The second kappa shape index (κ2) is 4.65. The van der Waals surface area contributed by atoms with Crippen LogP contribution in [0.15, 0.2) is 17.5 Å². The van der Waals surface area contributed by atoms with Gasteiger partial charge < -0.3 is 5.73 Å². The zero-order chi connectivity index (χ0) is 13.6. The lowest BCUT2D eigenvalue weighted by atomic mass is 10.1. The largest absolute Gasteiger partial charge is 0.322 e. The van der Waals surface area contributed by atoms with Crippen LogP contribution in [0.5, 0.6) is 0 Å². The van der Waals surface area contributed by atoms with Gasteiger partial charge >= 0.3 is 0 Å². The van der Waals surface area contributed by atoms with Gasteiger partial charge in [0.25, 0.3) is 0 Å². The van der Waals surface area contributed by atoms with Crippen molar-refractivity contribution in [3.8, 4) is 11.3 Å². The van der Waals surface area contributed by atoms with Crippen molar-refractivity contribution in [1.82, 2.24) is 4.98 Å². The first-order valence-corrected chi connectivity index (χ1v) is 7.11. The first kappa shape index (κ1) is 12.7. The van der Waals surface area contributed by atoms with E-state index in [9.17, 15) is 8.78 Å². The summed E-state index contributed by atoms with van der Waals surface area (Å²) in [6.45, 7) is 1.54. The van der Waals surface area contributed by atoms with E-state index in [2.05, 4.69) is 4.98 Å². The van der Waals surface area contributed by atoms with E-state index in [1.165, 1.54) is 30.4 Å². The molecular formula is C14H14F2N2S. The molecule has 1 aromatic heterocycles. The molecule has 1 heterocycles. The second-order valence-electron chi connectivity index (χ2n) is 5.02. The van der Waals surface area contributed by atoms with Crippen molar-refractivity contribution in [1.29, 1.82) is 0 Å². The molecule has 3 rings (SSSR count). The van der Waals surface area contributed by atoms with Crippen LogP contribution >= 0.6 is 11.3 Å². The maximum Gasteiger partial charge on any atom is 0.133 e. The highest BCUT2D eigenvalue weighted by Gasteiger charge is 2.31. The Bertz CT molecular complexity index is 620. The highest BCUT2D eigenvalue weighted by molar-refractivity contribution is 7.10. The fourth-order valence-electron chi connectivity index (χ4n) is 2.06. The minimum absolute atomic E-state index is 0.0721. The first-order valence-electron chi connectivity index (χ1n) is 6.23. The number of rotatable bonds is 3. The molecular weight excluding hydrogens is 266 g/mol. The monoisotopic (exact) mass is 280 g/mol. The topological polar surface area (TPSA) is 38.9 Å². The van der Waals surface area contributed by atoms with Gasteiger partial charge in [-0.2, -0.15) is 0 Å². The number of halogens is 2. The zero-order valence-corrected chi connectivity index (χ0v) is 11.3. The molecule has 1 aliphatic rings. The Hall–Kier alpha value is -1.33. The summed E-state index contributed by atoms with van der Waals surface area (Å²) in [5, 5.41) is 2.54. The Kier molecular flexibility index (Phi) is 3.11. The summed E-state index contributed by atoms with van der Waals surface area (Å²) >= 11 is 1.41. The normalized spacial score (nSPS) is 16.6. The fraction of sp³-hybridized carbons (Fsp3) is 0.357. The van der Waals surface area contributed by atoms with Gasteiger partial charge in [-0.15, -0.1) is 11.3 Å². The van der Waals surface area contributed by atoms with Gasteiger partial charge in [-0.05, 0) is 43.4 Å². The van der Waals surface area contributed by atoms with Crippen LogP contribution < -0.4 is 5.73 Å². The summed E-state index contributed by atoms with van der Waals surface area (Å²) in [5.41, 5.74) is 7.03. The molecule has 1 aromatic carbocycles. The van der Waals surface area contributed by atoms with Crippen LogP contribution in [-0.2, 0) is 0 Å². The molecule has 2 nitrogen and oxygen atoms in total. The predicted molar refractivity (Wildman–Crippen MR) is 71.9 cm³/mol. The van der Waals surface area contributed by atoms with Crippen molar-refractivity contribution in [3.63, 3.8) is 0 Å². The molecule has 0 radical (unpaired) electrons. The van der Waals surface area contributed by atoms with E-state index in [0.29, 0.717) is 17.2 Å². The Morgan fingerprint density at radius 1 is 1.32 bits per heavy atom. The van der Waals surface area contributed by atoms with Crippen molar-refractivity contribution in [2.75, 3.05) is 0 Å². The zero-order valence-electron chi connectivity index (χ0n) is 10.5. The third-order valence-electron chi connectivity index (χ3n) is 3.46. The molecule has 100 valence electrons. The standard InChI is InChI=1S/C14H14F2N2S/c1-7-4-11(16)9(5-10(7)15)12-6-19-14(18-12)13(17)8-2-3-8/h4-6,8,13H,2-3,17H2,1H3. The highest BCUT2D eigenvalue weighted by atomic mass is 32.1. The lowest BCUT2D eigenvalue weighted by molar-refractivity contribution is 0.594. The number of hydrogen-bond acceptors (Lipinski definition) is 3. The minimum Gasteiger partial charge on any atom is -0.322 e. The summed E-state index contributed by atoms with van der Waals surface area (Å²) < 4.78 is 27.4. The van der Waals surface area contributed by atoms with Crippen LogP contribution in [0.25, 0.3) is 11.3 Å². The van der Waals surface area contributed by atoms with Gasteiger partial charge in [0.1, 0.15) is 16.6 Å². The van der Waals surface area contributed by atoms with Crippen LogP contribution in [-0.4, -0.2) is 4.98 Å². The van der Waals surface area contributed by atoms with E-state index >= 15 is 0 Å². The molecule has 2 aromatic rings. The number of nitrogens with two attached hydrogens (primary N) is 1. The van der Waals surface area contributed by atoms with Gasteiger partial charge in [-0.1, -0.05) is 0 Å². The molecule has 1 aliphatic carbocycles. The fourth-order valence-corrected chi connectivity index (χ4v) is 2.98. The Morgan fingerprint density at radius 2 is 2.05 bits per heavy atom. The lowest BCUT2D eigenvalue weighted by Crippen LogP contribution is -2.11. The molecule has 0 aliphatic heterocycles. The van der Waals surface area contributed by atoms with E-state index in [1.807, 2.05) is 0 Å². The average molecular weight is 280 g/mol. The van der Waals surface area contributed by atoms with Gasteiger partial charge in [-0.25, -0.2) is 13.8 Å². The highest BCUT2D eigenvalue weighted by Crippen LogP contribution is 2.41. The molecule has 0 spiro atoms. The van der Waals surface area contributed by atoms with Crippen LogP contribution in [0.4, 0.5) is 8.78 Å². The minimum atomic E-state index is -0.448. The number of nitrogens with zero attached hydrogens (tertiary/aromatic N) is 1. The van der Waals surface area contributed by atoms with E-state index in [4.69, 9.17) is 5.73 Å². The summed E-state index contributed by atoms with van der Waals surface area (Å²) in [6.07, 6.45) is 2.26. The van der Waals surface area contributed by atoms with Crippen molar-refractivity contribution < 1.29 is 8.78 Å². The molecule has 0 saturated heterocycles. The third kappa shape index (κ3) is 2.40. The van der Waals surface area contributed by atoms with Crippen LogP contribution in [0, 0.1) is 24.5 Å². The predicted octanol–water partition coefficient (Wildman–Crippen LogP) is 3.81. The number of aryl methyl sites for hydroxylation is 1. The van der Waals surface area contributed by atoms with Gasteiger partial charge in [0.05, 0.1) is 11.7 Å². The maximum atomic E-state index is 13.9. The number of benzene rings is 1. The molecule has 1 unspecified atom stereocenters. The van der Waals surface area contributed by atoms with E-state index in [-0.39, 0.29) is 11.6 Å². The van der Waals surface area contributed by atoms with Gasteiger partial charge in [0.15, 0.2) is 0 Å². The number of aromatic nitrogens is 1. The SMILES string of the molecule is Cc1cc(F)c(-c2csc(C(N)C3CC3)n2)cc1F. The Labute approximate surface area is 114 Å². The van der Waals surface area contributed by atoms with Crippen LogP contribution in [0.3, 0.4) is 0 Å². The van der Waals surface area contributed by atoms with Crippen LogP contribution in [0.1, 0.15) is 29.5 Å². The van der Waals surface area contributed by atoms with Crippen LogP contribution in [0.2, 0.25) is 0 Å². The van der Waals surface area contributed by atoms with Crippen molar-refractivity contribution in [2.45, 2.75) is 25.8 Å². The van der Waals surface area contributed by atoms with E-state index in [0.717, 1.165) is 17.8 Å². The summed E-state index contributed by atoms with van der Waals surface area (Å²) in [6, 6.07) is 2.33. The van der Waals surface area contributed by atoms with Gasteiger partial charge in [-0.3, -0.25) is 0 Å². The maximum absolute atomic E-state index is 13.9. The molecule has 5 heteroatoms. The first-order chi connectivity index (χ1) is 9.06. The molecule has 1 fully saturated rings. The quantitative estimate of drug-likeness (QED) is 0.928. The van der Waals surface area contributed by atoms with Crippen molar-refractivity contribution in [2.24, 2.45) is 11.7 Å². The number of thiazole rings is 1. The summed E-state index contributed by atoms with van der Waals surface area (Å²) in [5.74, 6) is -0.369. The van der Waals surface area contributed by atoms with E-state index < -0.39 is 11.6 Å². The van der Waals surface area contributed by atoms with Crippen molar-refractivity contribution >= 4 is 11.3 Å². The number of hydrogen-bond donors (Lipinski definition) is 1. The van der Waals surface area contributed by atoms with Gasteiger partial charge in [0.2, 0.25) is 0 Å². The Balaban J connectivity index is 1.96. The summed E-state index contributed by atoms with van der Waals surface area (Å²) in [4.78, 5) is 4.36. The Morgan fingerprint density at radius 3 is 2.74 bits per heavy atom. The van der Waals surface area contributed by atoms with Crippen molar-refractivity contribution in [3.05, 3.63) is 39.7 Å². The molecule has 19 heavy (non-hydrogen) atoms. The molecule has 0 bridgehead atoms. The molecule has 0 amide bonds. The average Bonchev–Trinajstić information content (AvgIpc) is 3.11. The molecule has 1 saturated carbocycles. The second-order valence-corrected chi connectivity index (χ2v) is 5.91. The smallest absolute Gasteiger partial charge is 0.133 e. The van der Waals surface area contributed by atoms with Gasteiger partial charge in [0, 0.05) is 10.9 Å². The van der Waals surface area contributed by atoms with E-state index in [1.54, 1.807) is 5.38 Å².